The molecule has 0 saturated carbocycles. The molecule has 3 rings (SSSR count). The van der Waals surface area contributed by atoms with E-state index in [0.29, 0.717) is 12.2 Å². The third kappa shape index (κ3) is 2.59. The lowest BCUT2D eigenvalue weighted by Gasteiger charge is -2.22. The molecule has 0 fully saturated rings. The van der Waals surface area contributed by atoms with Gasteiger partial charge in [0.05, 0.1) is 0 Å². The molecule has 0 spiro atoms. The first-order valence-corrected chi connectivity index (χ1v) is 7.27. The molecule has 102 valence electrons. The first kappa shape index (κ1) is 13.3. The monoisotopic (exact) mass is 331 g/mol. The topological polar surface area (TPSA) is 45.2 Å². The molecular weight excluding hydrogens is 318 g/mol. The number of anilines is 1. The third-order valence-corrected chi connectivity index (χ3v) is 3.77. The van der Waals surface area contributed by atoms with Gasteiger partial charge in [-0.2, -0.15) is 0 Å². The number of nitrogens with one attached hydrogen (secondary N) is 1. The fourth-order valence-electron chi connectivity index (χ4n) is 2.31. The van der Waals surface area contributed by atoms with Crippen LogP contribution in [0.5, 0.6) is 0 Å². The van der Waals surface area contributed by atoms with Crippen LogP contribution in [0, 0.1) is 0 Å². The molecule has 1 N–H and O–H groups in total. The highest BCUT2D eigenvalue weighted by molar-refractivity contribution is 9.10. The van der Waals surface area contributed by atoms with Crippen LogP contribution in [0.2, 0.25) is 0 Å². The van der Waals surface area contributed by atoms with Crippen molar-refractivity contribution in [2.45, 2.75) is 6.54 Å². The largest absolute Gasteiger partial charge is 0.311 e. The lowest BCUT2D eigenvalue weighted by molar-refractivity contribution is 0.0983. The van der Waals surface area contributed by atoms with Crippen molar-refractivity contribution in [1.82, 2.24) is 10.3 Å². The molecule has 0 aliphatic carbocycles. The maximum Gasteiger partial charge on any atom is 0.276 e. The highest BCUT2D eigenvalue weighted by atomic mass is 79.9. The Labute approximate surface area is 126 Å². The molecule has 0 atom stereocenters. The molecule has 2 aromatic rings. The Morgan fingerprint density at radius 1 is 1.25 bits per heavy atom. The molecule has 20 heavy (non-hydrogen) atoms. The van der Waals surface area contributed by atoms with Crippen molar-refractivity contribution in [2.24, 2.45) is 0 Å². The summed E-state index contributed by atoms with van der Waals surface area (Å²) in [6.45, 7) is 2.21. The average molecular weight is 332 g/mol. The van der Waals surface area contributed by atoms with E-state index in [1.165, 1.54) is 0 Å². The normalized spacial score (nSPS) is 14.6. The van der Waals surface area contributed by atoms with E-state index in [2.05, 4.69) is 26.2 Å². The van der Waals surface area contributed by atoms with Crippen LogP contribution in [0.15, 0.2) is 47.1 Å². The van der Waals surface area contributed by atoms with Gasteiger partial charge in [-0.3, -0.25) is 4.79 Å². The highest BCUT2D eigenvalue weighted by Crippen LogP contribution is 2.23. The molecule has 0 unspecified atom stereocenters. The lowest BCUT2D eigenvalue weighted by atomic mass is 10.1. The second kappa shape index (κ2) is 5.73. The van der Waals surface area contributed by atoms with Crippen LogP contribution >= 0.6 is 15.9 Å². The van der Waals surface area contributed by atoms with Gasteiger partial charge in [0.2, 0.25) is 0 Å². The van der Waals surface area contributed by atoms with E-state index in [1.54, 1.807) is 17.2 Å². The Balaban J connectivity index is 1.97. The van der Waals surface area contributed by atoms with Crippen molar-refractivity contribution in [3.63, 3.8) is 0 Å². The Morgan fingerprint density at radius 3 is 2.90 bits per heavy atom. The highest BCUT2D eigenvalue weighted by Gasteiger charge is 2.22. The molecule has 0 radical (unpaired) electrons. The number of hydrogen-bond acceptors (Lipinski definition) is 3. The number of pyridine rings is 1. The molecular formula is C15H14BrN3O. The molecule has 0 bridgehead atoms. The molecule has 0 saturated heterocycles. The third-order valence-electron chi connectivity index (χ3n) is 3.30. The Morgan fingerprint density at radius 2 is 2.10 bits per heavy atom. The first-order valence-electron chi connectivity index (χ1n) is 6.48. The number of fused-ring (bicyclic) bond motifs is 1. The van der Waals surface area contributed by atoms with E-state index in [1.807, 2.05) is 30.3 Å². The van der Waals surface area contributed by atoms with Gasteiger partial charge < -0.3 is 10.2 Å². The van der Waals surface area contributed by atoms with E-state index >= 15 is 0 Å². The predicted molar refractivity (Wildman–Crippen MR) is 81.8 cm³/mol. The lowest BCUT2D eigenvalue weighted by Crippen LogP contribution is -2.35. The number of rotatable bonds is 1. The number of carbonyl (C=O) groups is 1. The second-order valence-corrected chi connectivity index (χ2v) is 5.54. The van der Waals surface area contributed by atoms with E-state index in [0.717, 1.165) is 28.8 Å². The summed E-state index contributed by atoms with van der Waals surface area (Å²) < 4.78 is 0.868. The van der Waals surface area contributed by atoms with Gasteiger partial charge in [0.25, 0.3) is 5.91 Å². The van der Waals surface area contributed by atoms with Crippen molar-refractivity contribution in [1.29, 1.82) is 0 Å². The van der Waals surface area contributed by atoms with Gasteiger partial charge in [-0.1, -0.05) is 18.2 Å². The molecule has 1 aromatic carbocycles. The van der Waals surface area contributed by atoms with Gasteiger partial charge in [0, 0.05) is 36.0 Å². The number of carbonyl (C=O) groups excluding carboxylic acids is 1. The summed E-state index contributed by atoms with van der Waals surface area (Å²) in [5.41, 5.74) is 2.56. The molecule has 1 amide bonds. The fraction of sp³-hybridized carbons (Fsp3) is 0.200. The summed E-state index contributed by atoms with van der Waals surface area (Å²) in [5.74, 6) is -0.0614. The number of aromatic nitrogens is 1. The van der Waals surface area contributed by atoms with Crippen LogP contribution in [0.3, 0.4) is 0 Å². The smallest absolute Gasteiger partial charge is 0.276 e. The SMILES string of the molecule is O=C(c1ccc(Br)cn1)N1CCNCc2ccccc21. The molecule has 1 aromatic heterocycles. The standard InChI is InChI=1S/C15H14BrN3O/c16-12-5-6-13(18-10-12)15(20)19-8-7-17-9-11-3-1-2-4-14(11)19/h1-6,10,17H,7-9H2. The maximum atomic E-state index is 12.6. The predicted octanol–water partition coefficient (Wildman–Crippen LogP) is 2.59. The van der Waals surface area contributed by atoms with Gasteiger partial charge >= 0.3 is 0 Å². The average Bonchev–Trinajstić information content (AvgIpc) is 2.69. The number of hydrogen-bond donors (Lipinski definition) is 1. The maximum absolute atomic E-state index is 12.6. The number of benzene rings is 1. The van der Waals surface area contributed by atoms with Crippen LogP contribution in [-0.2, 0) is 6.54 Å². The minimum Gasteiger partial charge on any atom is -0.311 e. The van der Waals surface area contributed by atoms with Crippen molar-refractivity contribution >= 4 is 27.5 Å². The van der Waals surface area contributed by atoms with E-state index < -0.39 is 0 Å². The first-order chi connectivity index (χ1) is 9.75. The summed E-state index contributed by atoms with van der Waals surface area (Å²) in [4.78, 5) is 18.6. The molecule has 4 nitrogen and oxygen atoms in total. The zero-order valence-corrected chi connectivity index (χ0v) is 12.4. The van der Waals surface area contributed by atoms with Crippen LogP contribution in [0.4, 0.5) is 5.69 Å². The second-order valence-electron chi connectivity index (χ2n) is 4.62. The Bertz CT molecular complexity index is 627. The summed E-state index contributed by atoms with van der Waals surface area (Å²) in [6.07, 6.45) is 1.65. The van der Waals surface area contributed by atoms with E-state index in [9.17, 15) is 4.79 Å². The molecule has 5 heteroatoms. The van der Waals surface area contributed by atoms with Crippen LogP contribution < -0.4 is 10.2 Å². The Kier molecular flexibility index (Phi) is 3.80. The summed E-state index contributed by atoms with van der Waals surface area (Å²) in [5, 5.41) is 3.33. The van der Waals surface area contributed by atoms with Crippen molar-refractivity contribution in [2.75, 3.05) is 18.0 Å². The van der Waals surface area contributed by atoms with Gasteiger partial charge in [-0.15, -0.1) is 0 Å². The number of para-hydroxylation sites is 1. The van der Waals surface area contributed by atoms with E-state index in [-0.39, 0.29) is 5.91 Å². The number of halogens is 1. The van der Waals surface area contributed by atoms with Gasteiger partial charge in [-0.05, 0) is 39.7 Å². The van der Waals surface area contributed by atoms with Crippen molar-refractivity contribution in [3.05, 3.63) is 58.3 Å². The van der Waals surface area contributed by atoms with Crippen LogP contribution in [0.25, 0.3) is 0 Å². The molecule has 1 aliphatic rings. The number of nitrogens with zero attached hydrogens (tertiary/aromatic N) is 2. The minimum atomic E-state index is -0.0614. The van der Waals surface area contributed by atoms with Gasteiger partial charge in [-0.25, -0.2) is 4.98 Å². The zero-order valence-electron chi connectivity index (χ0n) is 10.8. The summed E-state index contributed by atoms with van der Waals surface area (Å²) in [6, 6.07) is 11.6. The van der Waals surface area contributed by atoms with Crippen LogP contribution in [0.1, 0.15) is 16.1 Å². The zero-order chi connectivity index (χ0) is 13.9. The van der Waals surface area contributed by atoms with E-state index in [4.69, 9.17) is 0 Å². The molecule has 1 aliphatic heterocycles. The molecule has 2 heterocycles. The summed E-state index contributed by atoms with van der Waals surface area (Å²) in [7, 11) is 0. The van der Waals surface area contributed by atoms with Crippen molar-refractivity contribution < 1.29 is 4.79 Å². The summed E-state index contributed by atoms with van der Waals surface area (Å²) >= 11 is 3.33. The Hall–Kier alpha value is -1.72. The fourth-order valence-corrected chi connectivity index (χ4v) is 2.54. The quantitative estimate of drug-likeness (QED) is 0.873. The van der Waals surface area contributed by atoms with Gasteiger partial charge in [0.15, 0.2) is 0 Å². The minimum absolute atomic E-state index is 0.0614. The number of amides is 1. The van der Waals surface area contributed by atoms with Crippen LogP contribution in [-0.4, -0.2) is 24.0 Å². The van der Waals surface area contributed by atoms with Crippen molar-refractivity contribution in [3.8, 4) is 0 Å². The van der Waals surface area contributed by atoms with Gasteiger partial charge in [0.1, 0.15) is 5.69 Å².